The predicted molar refractivity (Wildman–Crippen MR) is 110 cm³/mol. The molecule has 3 aliphatic rings. The van der Waals surface area contributed by atoms with E-state index in [0.717, 1.165) is 6.42 Å². The Morgan fingerprint density at radius 1 is 1.07 bits per heavy atom. The Kier molecular flexibility index (Phi) is 4.50. The lowest BCUT2D eigenvalue weighted by Gasteiger charge is -2.30. The van der Waals surface area contributed by atoms with Gasteiger partial charge in [-0.15, -0.1) is 0 Å². The molecule has 0 aromatic heterocycles. The first kappa shape index (κ1) is 19.4. The Morgan fingerprint density at radius 3 is 2.41 bits per heavy atom. The summed E-state index contributed by atoms with van der Waals surface area (Å²) in [6.45, 7) is 4.48. The van der Waals surface area contributed by atoms with Gasteiger partial charge in [0.2, 0.25) is 14.7 Å². The van der Waals surface area contributed by atoms with Crippen molar-refractivity contribution >= 4 is 18.2 Å². The third kappa shape index (κ3) is 2.70. The number of sulfone groups is 1. The maximum atomic E-state index is 13.9. The smallest absolute Gasteiger partial charge is 0.210 e. The van der Waals surface area contributed by atoms with E-state index in [4.69, 9.17) is 14.1 Å². The molecule has 3 heterocycles. The second kappa shape index (κ2) is 6.73. The fraction of sp³-hybridized carbons (Fsp3) is 0.429. The van der Waals surface area contributed by atoms with Gasteiger partial charge in [-0.2, -0.15) is 0 Å². The summed E-state index contributed by atoms with van der Waals surface area (Å²) < 4.78 is 34.4. The number of benzene rings is 2. The lowest BCUT2D eigenvalue weighted by Crippen LogP contribution is -2.53. The third-order valence-electron chi connectivity index (χ3n) is 6.43. The first-order valence-electron chi connectivity index (χ1n) is 9.99. The number of hydroxylamine groups is 2. The summed E-state index contributed by atoms with van der Waals surface area (Å²) in [5, 5.41) is 1.28. The molecule has 4 atom stereocenters. The quantitative estimate of drug-likeness (QED) is 0.677. The van der Waals surface area contributed by atoms with Crippen molar-refractivity contribution in [3.63, 3.8) is 0 Å². The van der Waals surface area contributed by atoms with Crippen molar-refractivity contribution < 1.29 is 22.5 Å². The highest BCUT2D eigenvalue weighted by Crippen LogP contribution is 2.61. The van der Waals surface area contributed by atoms with E-state index in [1.807, 2.05) is 24.3 Å². The van der Waals surface area contributed by atoms with Gasteiger partial charge in [-0.3, -0.25) is 9.68 Å². The van der Waals surface area contributed by atoms with E-state index in [1.54, 1.807) is 24.3 Å². The maximum Gasteiger partial charge on any atom is 0.210 e. The summed E-state index contributed by atoms with van der Waals surface area (Å²) in [6, 6.07) is 18.7. The molecule has 0 unspecified atom stereocenters. The molecule has 3 aliphatic heterocycles. The summed E-state index contributed by atoms with van der Waals surface area (Å²) in [5.74, 6) is 0. The Hall–Kier alpha value is -1.55. The molecule has 0 aliphatic carbocycles. The van der Waals surface area contributed by atoms with Crippen LogP contribution in [0.4, 0.5) is 0 Å². The lowest BCUT2D eigenvalue weighted by molar-refractivity contribution is -0.347. The standard InChI is InChI=1S/C21H25NO5SSi/c1-29(2)19-15-25-22-21(19,28(23,24)17-11-7-4-8-12-17)20(27-29)18(26-22)14-13-16-9-5-3-6-10-16/h3-12,18-20H,13-15H2,1-2H3/t18-,19-,20+,21-/m0/s1. The molecule has 0 saturated carbocycles. The van der Waals surface area contributed by atoms with Crippen LogP contribution in [0, 0.1) is 0 Å². The number of hydrogen-bond acceptors (Lipinski definition) is 6. The van der Waals surface area contributed by atoms with Gasteiger partial charge in [0.15, 0.2) is 8.32 Å². The van der Waals surface area contributed by atoms with Crippen LogP contribution in [0.3, 0.4) is 0 Å². The molecular weight excluding hydrogens is 406 g/mol. The van der Waals surface area contributed by atoms with Crippen LogP contribution in [0.5, 0.6) is 0 Å². The second-order valence-corrected chi connectivity index (χ2v) is 14.8. The fourth-order valence-corrected chi connectivity index (χ4v) is 11.4. The van der Waals surface area contributed by atoms with Crippen molar-refractivity contribution in [1.82, 2.24) is 5.23 Å². The molecule has 0 radical (unpaired) electrons. The van der Waals surface area contributed by atoms with Crippen LogP contribution in [-0.4, -0.2) is 45.6 Å². The van der Waals surface area contributed by atoms with Crippen LogP contribution >= 0.6 is 0 Å². The van der Waals surface area contributed by atoms with Crippen molar-refractivity contribution in [2.45, 2.75) is 53.5 Å². The topological polar surface area (TPSA) is 65.1 Å². The average molecular weight is 432 g/mol. The van der Waals surface area contributed by atoms with E-state index < -0.39 is 29.1 Å². The summed E-state index contributed by atoms with van der Waals surface area (Å²) >= 11 is 0. The lowest BCUT2D eigenvalue weighted by atomic mass is 9.98. The third-order valence-corrected chi connectivity index (χ3v) is 12.2. The Labute approximate surface area is 172 Å². The zero-order valence-corrected chi connectivity index (χ0v) is 18.3. The molecule has 0 bridgehead atoms. The van der Waals surface area contributed by atoms with Crippen LogP contribution in [-0.2, 0) is 30.4 Å². The van der Waals surface area contributed by atoms with Gasteiger partial charge in [-0.1, -0.05) is 48.5 Å². The minimum Gasteiger partial charge on any atom is -0.408 e. The van der Waals surface area contributed by atoms with Gasteiger partial charge >= 0.3 is 0 Å². The molecule has 29 heavy (non-hydrogen) atoms. The van der Waals surface area contributed by atoms with Crippen molar-refractivity contribution in [2.75, 3.05) is 6.61 Å². The van der Waals surface area contributed by atoms with Gasteiger partial charge in [0.1, 0.15) is 12.2 Å². The number of aryl methyl sites for hydroxylation is 1. The number of hydrogen-bond donors (Lipinski definition) is 0. The van der Waals surface area contributed by atoms with Crippen molar-refractivity contribution in [2.24, 2.45) is 0 Å². The van der Waals surface area contributed by atoms with E-state index in [0.29, 0.717) is 13.0 Å². The molecule has 3 fully saturated rings. The molecule has 154 valence electrons. The monoisotopic (exact) mass is 431 g/mol. The molecule has 2 aromatic rings. The van der Waals surface area contributed by atoms with Gasteiger partial charge < -0.3 is 4.43 Å². The number of nitrogens with zero attached hydrogens (tertiary/aromatic N) is 1. The SMILES string of the molecule is C[Si]1(C)O[C@@H]2[C@H](CCc3ccccc3)ON3OC[C@H]1[C@]23S(=O)(=O)c1ccccc1. The zero-order chi connectivity index (χ0) is 20.3. The Balaban J connectivity index is 1.54. The maximum absolute atomic E-state index is 13.9. The zero-order valence-electron chi connectivity index (χ0n) is 16.5. The van der Waals surface area contributed by atoms with E-state index in [9.17, 15) is 8.42 Å². The minimum absolute atomic E-state index is 0.216. The minimum atomic E-state index is -3.77. The van der Waals surface area contributed by atoms with E-state index in [1.165, 1.54) is 10.8 Å². The molecule has 2 aromatic carbocycles. The molecule has 0 amide bonds. The van der Waals surface area contributed by atoms with Gasteiger partial charge in [-0.25, -0.2) is 8.42 Å². The van der Waals surface area contributed by atoms with Crippen LogP contribution in [0.2, 0.25) is 18.6 Å². The van der Waals surface area contributed by atoms with Crippen LogP contribution < -0.4 is 0 Å². The molecule has 6 nitrogen and oxygen atoms in total. The average Bonchev–Trinajstić information content (AvgIpc) is 3.33. The molecule has 3 saturated heterocycles. The van der Waals surface area contributed by atoms with Crippen molar-refractivity contribution in [3.8, 4) is 0 Å². The van der Waals surface area contributed by atoms with Crippen LogP contribution in [0.15, 0.2) is 65.6 Å². The van der Waals surface area contributed by atoms with Crippen LogP contribution in [0.1, 0.15) is 12.0 Å². The summed E-state index contributed by atoms with van der Waals surface area (Å²) in [6.07, 6.45) is 0.516. The Morgan fingerprint density at radius 2 is 1.72 bits per heavy atom. The fourth-order valence-electron chi connectivity index (χ4n) is 5.00. The Bertz CT molecular complexity index is 1000. The molecule has 8 heteroatoms. The highest BCUT2D eigenvalue weighted by Gasteiger charge is 2.79. The van der Waals surface area contributed by atoms with Crippen molar-refractivity contribution in [1.29, 1.82) is 0 Å². The highest BCUT2D eigenvalue weighted by atomic mass is 32.2. The number of rotatable bonds is 5. The van der Waals surface area contributed by atoms with E-state index >= 15 is 0 Å². The van der Waals surface area contributed by atoms with Gasteiger partial charge in [0, 0.05) is 5.54 Å². The molecule has 0 N–H and O–H groups in total. The van der Waals surface area contributed by atoms with Gasteiger partial charge in [0.05, 0.1) is 11.5 Å². The van der Waals surface area contributed by atoms with Crippen LogP contribution in [0.25, 0.3) is 0 Å². The molecular formula is C21H25NO5SSi. The summed E-state index contributed by atoms with van der Waals surface area (Å²) in [7, 11) is -6.09. The second-order valence-electron chi connectivity index (χ2n) is 8.48. The van der Waals surface area contributed by atoms with Gasteiger partial charge in [-0.05, 0) is 48.9 Å². The van der Waals surface area contributed by atoms with Gasteiger partial charge in [0.25, 0.3) is 0 Å². The molecule has 0 spiro atoms. The molecule has 5 rings (SSSR count). The van der Waals surface area contributed by atoms with Crippen molar-refractivity contribution in [3.05, 3.63) is 66.2 Å². The summed E-state index contributed by atoms with van der Waals surface area (Å²) in [5.41, 5.74) is 0.974. The normalized spacial score (nSPS) is 33.1. The van der Waals surface area contributed by atoms with E-state index in [2.05, 4.69) is 25.2 Å². The largest absolute Gasteiger partial charge is 0.408 e. The summed E-state index contributed by atoms with van der Waals surface area (Å²) in [4.78, 5) is 10.9. The first-order chi connectivity index (χ1) is 13.9. The van der Waals surface area contributed by atoms with E-state index in [-0.39, 0.29) is 16.5 Å². The first-order valence-corrected chi connectivity index (χ1v) is 14.5. The predicted octanol–water partition coefficient (Wildman–Crippen LogP) is 3.32. The highest BCUT2D eigenvalue weighted by molar-refractivity contribution is 7.93.